The minimum Gasteiger partial charge on any atom is -0.508 e. The van der Waals surface area contributed by atoms with Crippen LogP contribution in [-0.2, 0) is 115 Å². The summed E-state index contributed by atoms with van der Waals surface area (Å²) in [6, 6.07) is 0.971. The van der Waals surface area contributed by atoms with Gasteiger partial charge in [0.25, 0.3) is 0 Å². The molecule has 138 heavy (non-hydrogen) atoms. The van der Waals surface area contributed by atoms with E-state index in [0.717, 1.165) is 0 Å². The lowest BCUT2D eigenvalue weighted by molar-refractivity contribution is -0.140. The maximum atomic E-state index is 15.6. The number of nitrogens with one attached hydrogen (secondary N) is 16. The van der Waals surface area contributed by atoms with Gasteiger partial charge in [0.1, 0.15) is 71.2 Å². The zero-order valence-electron chi connectivity index (χ0n) is 81.3. The van der Waals surface area contributed by atoms with Gasteiger partial charge >= 0.3 is 5.97 Å². The van der Waals surface area contributed by atoms with E-state index in [9.17, 15) is 82.4 Å². The van der Waals surface area contributed by atoms with Crippen LogP contribution in [0.4, 0.5) is 0 Å². The SMILES string of the molecule is CC(=O)N[C@@H](CC(C)C)C(=O)N[C@H](C(=O)N[C@@H](Cc1ccccc1)C(=O)N[C@]1(C)CCCCCC/C=C/CCC[C@@](C)(C(=O)NC(C)C(=O)N[C@@H](C)C(=O)NC(C)C(=O)N[C@@H](C)C(=O)C(=O)[C@H](C)NN(C)CC(N)=O)NC(=O)[C@H](CC(C)C)CN[C@@H](CCC(N)=O)C(=O)C(=O)C(C)NC(=O)[C@H](Cc2c[nH]c3ccccc23)NC(=O)C(Cc2ccc(O)cc2)NC(=O)[C@H](CCC(=O)O)NC1=O)[C@@H](C)O. The van der Waals surface area contributed by atoms with E-state index in [1.807, 2.05) is 12.2 Å². The number of aromatic hydroxyl groups is 1. The van der Waals surface area contributed by atoms with Gasteiger partial charge in [-0.2, -0.15) is 0 Å². The first-order valence-electron chi connectivity index (χ1n) is 46.6. The van der Waals surface area contributed by atoms with E-state index in [4.69, 9.17) is 11.5 Å². The number of benzene rings is 3. The van der Waals surface area contributed by atoms with Crippen LogP contribution in [0, 0.1) is 17.8 Å². The van der Waals surface area contributed by atoms with Gasteiger partial charge in [0.15, 0.2) is 0 Å². The summed E-state index contributed by atoms with van der Waals surface area (Å²) in [4.78, 5) is 283. The maximum absolute atomic E-state index is 15.6. The first kappa shape index (κ1) is 115. The van der Waals surface area contributed by atoms with Crippen LogP contribution in [0.1, 0.15) is 210 Å². The fraction of sp³-hybridized carbons (Fsp3) is 0.562. The largest absolute Gasteiger partial charge is 0.508 e. The Balaban J connectivity index is 1.59. The number of carboxylic acid groups (broad SMARTS) is 1. The lowest BCUT2D eigenvalue weighted by Gasteiger charge is -2.34. The van der Waals surface area contributed by atoms with Crippen molar-refractivity contribution < 1.29 is 111 Å². The molecule has 0 radical (unpaired) electrons. The van der Waals surface area contributed by atoms with Crippen molar-refractivity contribution in [1.29, 1.82) is 0 Å². The Bertz CT molecular complexity index is 4970. The fourth-order valence-corrected chi connectivity index (χ4v) is 15.5. The van der Waals surface area contributed by atoms with Gasteiger partial charge in [0.05, 0.1) is 42.7 Å². The lowest BCUT2D eigenvalue weighted by Crippen LogP contribution is -2.65. The Morgan fingerprint density at radius 2 is 1.09 bits per heavy atom. The maximum Gasteiger partial charge on any atom is 0.303 e. The molecule has 4 aromatic rings. The fourth-order valence-electron chi connectivity index (χ4n) is 15.5. The average Bonchev–Trinajstić information content (AvgIpc) is 1.50. The number of phenolic OH excluding ortho intramolecular Hbond substituents is 1. The first-order chi connectivity index (χ1) is 64.8. The summed E-state index contributed by atoms with van der Waals surface area (Å²) in [5.41, 5.74) is 11.4. The number of Topliss-reactive ketones (excluding diaryl/α,β-unsaturated/α-hetero) is 4. The van der Waals surface area contributed by atoms with Crippen molar-refractivity contribution in [2.75, 3.05) is 20.1 Å². The normalized spacial score (nSPS) is 21.8. The molecule has 1 aliphatic rings. The highest BCUT2D eigenvalue weighted by atomic mass is 16.4. The minimum absolute atomic E-state index is 0.0819. The van der Waals surface area contributed by atoms with E-state index >= 15 is 28.8 Å². The zero-order chi connectivity index (χ0) is 103. The molecule has 1 aromatic heterocycles. The number of hydrazine groups is 1. The highest BCUT2D eigenvalue weighted by molar-refractivity contribution is 6.41. The second kappa shape index (κ2) is 55.9. The van der Waals surface area contributed by atoms with Crippen LogP contribution in [0.25, 0.3) is 10.9 Å². The molecule has 0 fully saturated rings. The summed E-state index contributed by atoms with van der Waals surface area (Å²) in [6.45, 7) is 19.4. The third-order valence-electron chi connectivity index (χ3n) is 23.4. The van der Waals surface area contributed by atoms with Crippen LogP contribution in [0.3, 0.4) is 0 Å². The molecule has 5 rings (SSSR count). The number of fused-ring (bicyclic) bond motifs is 1. The van der Waals surface area contributed by atoms with Crippen molar-refractivity contribution in [3.05, 3.63) is 114 Å². The van der Waals surface area contributed by atoms with Gasteiger partial charge in [-0.3, -0.25) is 95.9 Å². The smallest absolute Gasteiger partial charge is 0.303 e. The number of primary amides is 2. The lowest BCUT2D eigenvalue weighted by atomic mass is 9.89. The molecule has 42 nitrogen and oxygen atoms in total. The number of H-pyrrole nitrogens is 1. The van der Waals surface area contributed by atoms with Crippen molar-refractivity contribution in [3.8, 4) is 5.75 Å². The number of phenols is 1. The van der Waals surface area contributed by atoms with Crippen LogP contribution < -0.4 is 91.3 Å². The highest BCUT2D eigenvalue weighted by Crippen LogP contribution is 2.25. The van der Waals surface area contributed by atoms with Crippen LogP contribution in [0.2, 0.25) is 0 Å². The van der Waals surface area contributed by atoms with E-state index in [0.29, 0.717) is 59.7 Å². The predicted octanol–water partition coefficient (Wildman–Crippen LogP) is -0.0516. The summed E-state index contributed by atoms with van der Waals surface area (Å²) >= 11 is 0. The van der Waals surface area contributed by atoms with Gasteiger partial charge in [0.2, 0.25) is 112 Å². The summed E-state index contributed by atoms with van der Waals surface area (Å²) in [5.74, 6) is -21.1. The molecule has 4 unspecified atom stereocenters. The molecule has 15 amide bonds. The number of nitrogens with zero attached hydrogens (tertiary/aromatic N) is 1. The van der Waals surface area contributed by atoms with Crippen LogP contribution in [0.15, 0.2) is 97.2 Å². The number of para-hydroxylation sites is 1. The zero-order valence-corrected chi connectivity index (χ0v) is 81.3. The quantitative estimate of drug-likeness (QED) is 0.0158. The highest BCUT2D eigenvalue weighted by Gasteiger charge is 2.44. The Kier molecular flexibility index (Phi) is 46.7. The van der Waals surface area contributed by atoms with Gasteiger partial charge in [-0.25, -0.2) is 10.4 Å². The molecule has 17 atom stereocenters. The first-order valence-corrected chi connectivity index (χ1v) is 46.6. The number of aliphatic hydroxyl groups excluding tert-OH is 1. The predicted molar refractivity (Wildman–Crippen MR) is 509 cm³/mol. The summed E-state index contributed by atoms with van der Waals surface area (Å²) in [7, 11) is 1.42. The number of hydrogen-bond acceptors (Lipinski definition) is 25. The number of aromatic amines is 1. The van der Waals surface area contributed by atoms with Crippen LogP contribution in [-0.4, -0.2) is 259 Å². The molecular weight excluding hydrogens is 1790 g/mol. The van der Waals surface area contributed by atoms with Crippen LogP contribution >= 0.6 is 0 Å². The Hall–Kier alpha value is -13.2. The monoisotopic (exact) mass is 1930 g/mol. The van der Waals surface area contributed by atoms with Crippen molar-refractivity contribution in [2.24, 2.45) is 29.2 Å². The molecule has 0 spiro atoms. The standard InChI is InChI=1S/C96H141N19O23/c1-52(2)44-65-50-100-69(38-40-75(97)119)82(126)80(124)55(6)102-88(132)74(48-64-49-99-68-33-27-26-32-67(64)68)108-89(133)72(47-63-34-36-66(118)37-35-63)107-87(131)70(39-41-77(121)122)110-94(138)96(14,113-91(135)73(46-62-30-24-23-25-31-62)109-92(136)78(60(11)116)111-90(134)71(45-53(3)4)106-61(12)117)43-29-22-20-18-16-17-19-21-28-42-95(13,112-86(65)130)93(137)105-59(10)85(129)104-58(9)84(128)103-57(8)83(127)101-54(5)79(123)81(125)56(7)114-115(15)51-76(98)120/h17,19,23-27,30-37,49,52-60,65,69-74,78,99-100,114,116,118H,16,18,20-22,28-29,38-48,50-51H2,1-15H3,(H2,97,119)(H2,98,120)(H,101,127)(H,102,132)(H,103,128)(H,104,129)(H,105,137)(H,106,117)(H,107,131)(H,108,133)(H,109,136)(H,110,138)(H,111,134)(H,112,130)(H,113,135)(H,121,122)/b19-17+/t54-,55?,56-,57?,58-,59?,60+,65+,69-,70-,71-,72?,73-,74-,78-,95-,96+/m0/s1. The molecule has 0 aliphatic carbocycles. The molecule has 23 N–H and O–H groups in total. The Labute approximate surface area is 803 Å². The number of carbonyl (C=O) groups excluding carboxylic acids is 19. The number of carboxylic acids is 1. The molecule has 42 heteroatoms. The number of ketones is 4. The van der Waals surface area contributed by atoms with Crippen molar-refractivity contribution in [3.63, 3.8) is 0 Å². The second-order valence-electron chi connectivity index (χ2n) is 36.9. The second-order valence-corrected chi connectivity index (χ2v) is 36.9. The van der Waals surface area contributed by atoms with E-state index < -0.39 is 251 Å². The van der Waals surface area contributed by atoms with E-state index in [2.05, 4.69) is 84.8 Å². The van der Waals surface area contributed by atoms with Gasteiger partial charge < -0.3 is 106 Å². The number of carbonyl (C=O) groups is 20. The van der Waals surface area contributed by atoms with Crippen molar-refractivity contribution >= 4 is 129 Å². The molecule has 2 heterocycles. The molecule has 3 aromatic carbocycles. The molecule has 1 aliphatic heterocycles. The molecule has 0 bridgehead atoms. The van der Waals surface area contributed by atoms with Crippen LogP contribution in [0.5, 0.6) is 5.75 Å². The summed E-state index contributed by atoms with van der Waals surface area (Å²) < 4.78 is 0. The summed E-state index contributed by atoms with van der Waals surface area (Å²) in [5, 5.41) is 70.3. The van der Waals surface area contributed by atoms with E-state index in [1.165, 1.54) is 106 Å². The number of aliphatic hydroxyl groups is 1. The van der Waals surface area contributed by atoms with Crippen molar-refractivity contribution in [1.82, 2.24) is 89.9 Å². The van der Waals surface area contributed by atoms with Gasteiger partial charge in [-0.05, 0) is 173 Å². The number of rotatable bonds is 39. The number of likely N-dealkylation sites (N-methyl/N-ethyl adjacent to an activating group) is 1. The third kappa shape index (κ3) is 38.4. The molecule has 0 saturated heterocycles. The molecular formula is C96H141N19O23. The number of amides is 15. The topological polar surface area (TPSA) is 654 Å². The number of hydrogen-bond donors (Lipinski definition) is 21. The molecule has 758 valence electrons. The number of allylic oxidation sites excluding steroid dienone is 2. The average molecular weight is 1930 g/mol. The third-order valence-corrected chi connectivity index (χ3v) is 23.4. The number of aromatic nitrogens is 1. The Morgan fingerprint density at radius 3 is 1.67 bits per heavy atom. The Morgan fingerprint density at radius 1 is 0.529 bits per heavy atom. The number of nitrogens with two attached hydrogens (primary N) is 2. The number of aliphatic carboxylic acids is 1. The van der Waals surface area contributed by atoms with Crippen molar-refractivity contribution in [2.45, 2.75) is 308 Å². The summed E-state index contributed by atoms with van der Waals surface area (Å²) in [6.07, 6.45) is 2.86. The molecule has 0 saturated carbocycles. The minimum atomic E-state index is -2.08. The van der Waals surface area contributed by atoms with E-state index in [-0.39, 0.29) is 82.0 Å². The van der Waals surface area contributed by atoms with Gasteiger partial charge in [-0.15, -0.1) is 0 Å². The van der Waals surface area contributed by atoms with Gasteiger partial charge in [-0.1, -0.05) is 120 Å². The van der Waals surface area contributed by atoms with E-state index in [1.54, 1.807) is 88.5 Å². The van der Waals surface area contributed by atoms with Gasteiger partial charge in [0, 0.05) is 69.7 Å².